The third-order valence-corrected chi connectivity index (χ3v) is 6.01. The van der Waals surface area contributed by atoms with Crippen molar-refractivity contribution in [1.82, 2.24) is 24.9 Å². The second kappa shape index (κ2) is 7.78. The molecule has 1 saturated heterocycles. The summed E-state index contributed by atoms with van der Waals surface area (Å²) in [6.07, 6.45) is 4.98. The monoisotopic (exact) mass is 361 g/mol. The predicted molar refractivity (Wildman–Crippen MR) is 99.5 cm³/mol. The Morgan fingerprint density at radius 2 is 2.00 bits per heavy atom. The number of amides is 2. The summed E-state index contributed by atoms with van der Waals surface area (Å²) in [6.45, 7) is 6.05. The van der Waals surface area contributed by atoms with Gasteiger partial charge in [-0.3, -0.25) is 19.2 Å². The number of hydrogen-bond donors (Lipinski definition) is 1. The van der Waals surface area contributed by atoms with Crippen LogP contribution in [0.1, 0.15) is 49.1 Å². The maximum atomic E-state index is 12.8. The largest absolute Gasteiger partial charge is 0.353 e. The second-order valence-electron chi connectivity index (χ2n) is 7.71. The van der Waals surface area contributed by atoms with Crippen molar-refractivity contribution in [3.63, 3.8) is 0 Å². The first kappa shape index (κ1) is 18.9. The van der Waals surface area contributed by atoms with Gasteiger partial charge in [0.2, 0.25) is 11.8 Å². The van der Waals surface area contributed by atoms with Crippen molar-refractivity contribution in [2.75, 3.05) is 20.1 Å². The maximum Gasteiger partial charge on any atom is 0.237 e. The van der Waals surface area contributed by atoms with Gasteiger partial charge in [0.05, 0.1) is 18.2 Å². The molecule has 2 amide bonds. The Balaban J connectivity index is 1.67. The molecule has 1 aliphatic heterocycles. The number of piperazine rings is 1. The molecule has 7 nitrogen and oxygen atoms in total. The number of rotatable bonds is 5. The molecule has 1 N–H and O–H groups in total. The Kier molecular flexibility index (Phi) is 5.65. The topological polar surface area (TPSA) is 70.5 Å². The highest BCUT2D eigenvalue weighted by atomic mass is 16.2. The summed E-state index contributed by atoms with van der Waals surface area (Å²) in [5.41, 5.74) is 3.11. The van der Waals surface area contributed by atoms with Crippen LogP contribution >= 0.6 is 0 Å². The molecule has 2 heterocycles. The molecule has 26 heavy (non-hydrogen) atoms. The third-order valence-electron chi connectivity index (χ3n) is 6.01. The molecule has 3 rings (SSSR count). The summed E-state index contributed by atoms with van der Waals surface area (Å²) >= 11 is 0. The number of nitrogens with zero attached hydrogens (tertiary/aromatic N) is 4. The van der Waals surface area contributed by atoms with E-state index in [4.69, 9.17) is 0 Å². The van der Waals surface area contributed by atoms with Crippen LogP contribution in [0.3, 0.4) is 0 Å². The number of carbonyl (C=O) groups is 2. The highest BCUT2D eigenvalue weighted by Crippen LogP contribution is 2.27. The van der Waals surface area contributed by atoms with Crippen molar-refractivity contribution in [2.24, 2.45) is 7.05 Å². The lowest BCUT2D eigenvalue weighted by Crippen LogP contribution is -2.59. The first-order valence-corrected chi connectivity index (χ1v) is 9.65. The summed E-state index contributed by atoms with van der Waals surface area (Å²) in [5, 5.41) is 7.36. The smallest absolute Gasteiger partial charge is 0.237 e. The van der Waals surface area contributed by atoms with E-state index >= 15 is 0 Å². The first-order chi connectivity index (χ1) is 12.4. The van der Waals surface area contributed by atoms with Crippen LogP contribution < -0.4 is 5.32 Å². The third kappa shape index (κ3) is 3.77. The van der Waals surface area contributed by atoms with Gasteiger partial charge in [0, 0.05) is 51.0 Å². The Morgan fingerprint density at radius 3 is 2.62 bits per heavy atom. The van der Waals surface area contributed by atoms with Crippen molar-refractivity contribution in [3.05, 3.63) is 17.0 Å². The summed E-state index contributed by atoms with van der Waals surface area (Å²) in [7, 11) is 3.73. The lowest BCUT2D eigenvalue weighted by molar-refractivity contribution is -0.139. The van der Waals surface area contributed by atoms with Crippen molar-refractivity contribution in [1.29, 1.82) is 0 Å². The van der Waals surface area contributed by atoms with Crippen LogP contribution in [0.5, 0.6) is 0 Å². The fourth-order valence-electron chi connectivity index (χ4n) is 4.31. The molecule has 2 fully saturated rings. The minimum Gasteiger partial charge on any atom is -0.353 e. The van der Waals surface area contributed by atoms with Gasteiger partial charge in [-0.05, 0) is 26.7 Å². The van der Waals surface area contributed by atoms with Crippen molar-refractivity contribution in [2.45, 2.75) is 64.6 Å². The molecule has 1 atom stereocenters. The lowest BCUT2D eigenvalue weighted by atomic mass is 10.0. The van der Waals surface area contributed by atoms with E-state index < -0.39 is 0 Å². The molecule has 0 bridgehead atoms. The normalized spacial score (nSPS) is 21.8. The number of nitrogens with one attached hydrogen (secondary N) is 1. The molecule has 7 heteroatoms. The van der Waals surface area contributed by atoms with Crippen LogP contribution in [0, 0.1) is 13.8 Å². The number of carbonyl (C=O) groups excluding carboxylic acids is 2. The predicted octanol–water partition coefficient (Wildman–Crippen LogP) is 1.13. The molecule has 0 spiro atoms. The van der Waals surface area contributed by atoms with Gasteiger partial charge in [0.15, 0.2) is 0 Å². The van der Waals surface area contributed by atoms with E-state index in [1.165, 1.54) is 12.8 Å². The fraction of sp³-hybridized carbons (Fsp3) is 0.737. The van der Waals surface area contributed by atoms with E-state index in [9.17, 15) is 9.59 Å². The van der Waals surface area contributed by atoms with Crippen LogP contribution in [0.4, 0.5) is 0 Å². The van der Waals surface area contributed by atoms with Crippen molar-refractivity contribution < 1.29 is 9.59 Å². The number of aromatic nitrogens is 2. The van der Waals surface area contributed by atoms with Crippen LogP contribution in [-0.4, -0.2) is 63.6 Å². The average Bonchev–Trinajstić information content (AvgIpc) is 3.21. The van der Waals surface area contributed by atoms with Crippen LogP contribution in [0.2, 0.25) is 0 Å². The molecule has 1 aromatic rings. The Hall–Kier alpha value is -1.89. The van der Waals surface area contributed by atoms with E-state index in [2.05, 4.69) is 15.3 Å². The van der Waals surface area contributed by atoms with E-state index in [1.54, 1.807) is 4.90 Å². The zero-order valence-corrected chi connectivity index (χ0v) is 16.4. The summed E-state index contributed by atoms with van der Waals surface area (Å²) in [5.74, 6) is 0.0105. The van der Waals surface area contributed by atoms with Gasteiger partial charge >= 0.3 is 0 Å². The van der Waals surface area contributed by atoms with Crippen molar-refractivity contribution >= 4 is 11.8 Å². The molecule has 1 aromatic heterocycles. The second-order valence-corrected chi connectivity index (χ2v) is 7.71. The molecular formula is C19H31N5O2. The zero-order chi connectivity index (χ0) is 18.8. The molecule has 2 aliphatic rings. The standard InChI is InChI=1S/C19H31N5O2/c1-13-16(14(2)23(4)21-13)12-22(3)18(25)11-17-19(26)20-9-10-24(17)15-7-5-6-8-15/h15,17H,5-12H2,1-4H3,(H,20,26). The van der Waals surface area contributed by atoms with E-state index in [0.717, 1.165) is 36.3 Å². The van der Waals surface area contributed by atoms with Gasteiger partial charge in [-0.15, -0.1) is 0 Å². The molecule has 1 unspecified atom stereocenters. The maximum absolute atomic E-state index is 12.8. The fourth-order valence-corrected chi connectivity index (χ4v) is 4.31. The van der Waals surface area contributed by atoms with Crippen LogP contribution in [0.25, 0.3) is 0 Å². The van der Waals surface area contributed by atoms with E-state index in [0.29, 0.717) is 19.1 Å². The van der Waals surface area contributed by atoms with Gasteiger partial charge in [-0.25, -0.2) is 0 Å². The summed E-state index contributed by atoms with van der Waals surface area (Å²) < 4.78 is 1.85. The summed E-state index contributed by atoms with van der Waals surface area (Å²) in [6, 6.07) is 0.116. The minimum absolute atomic E-state index is 0.00126. The first-order valence-electron chi connectivity index (χ1n) is 9.65. The Morgan fingerprint density at radius 1 is 1.31 bits per heavy atom. The number of hydrogen-bond acceptors (Lipinski definition) is 4. The van der Waals surface area contributed by atoms with E-state index in [-0.39, 0.29) is 24.3 Å². The highest BCUT2D eigenvalue weighted by molar-refractivity contribution is 5.88. The van der Waals surface area contributed by atoms with Crippen LogP contribution in [0.15, 0.2) is 0 Å². The highest BCUT2D eigenvalue weighted by Gasteiger charge is 2.37. The van der Waals surface area contributed by atoms with Crippen molar-refractivity contribution in [3.8, 4) is 0 Å². The van der Waals surface area contributed by atoms with Gasteiger partial charge in [-0.2, -0.15) is 5.10 Å². The minimum atomic E-state index is -0.335. The molecule has 0 aromatic carbocycles. The van der Waals surface area contributed by atoms with Gasteiger partial charge in [0.25, 0.3) is 0 Å². The Labute approximate surface area is 155 Å². The molecule has 1 aliphatic carbocycles. The zero-order valence-electron chi connectivity index (χ0n) is 16.4. The summed E-state index contributed by atoms with van der Waals surface area (Å²) in [4.78, 5) is 29.3. The molecule has 1 saturated carbocycles. The number of aryl methyl sites for hydroxylation is 2. The van der Waals surface area contributed by atoms with Crippen LogP contribution in [-0.2, 0) is 23.2 Å². The quantitative estimate of drug-likeness (QED) is 0.853. The lowest BCUT2D eigenvalue weighted by Gasteiger charge is -2.39. The molecular weight excluding hydrogens is 330 g/mol. The molecule has 0 radical (unpaired) electrons. The SMILES string of the molecule is Cc1nn(C)c(C)c1CN(C)C(=O)CC1C(=O)NCCN1C1CCCC1. The van der Waals surface area contributed by atoms with Gasteiger partial charge in [0.1, 0.15) is 0 Å². The van der Waals surface area contributed by atoms with E-state index in [1.807, 2.05) is 32.6 Å². The average molecular weight is 361 g/mol. The Bertz CT molecular complexity index is 678. The van der Waals surface area contributed by atoms with Gasteiger partial charge in [-0.1, -0.05) is 12.8 Å². The van der Waals surface area contributed by atoms with Gasteiger partial charge < -0.3 is 10.2 Å². The molecule has 144 valence electrons.